The number of ether oxygens (including phenoxy) is 1. The summed E-state index contributed by atoms with van der Waals surface area (Å²) < 4.78 is 6.61. The highest BCUT2D eigenvalue weighted by molar-refractivity contribution is 7.17. The molecule has 0 saturated carbocycles. The number of fused-ring (bicyclic) bond motifs is 1. The van der Waals surface area contributed by atoms with Gasteiger partial charge in [-0.25, -0.2) is 0 Å². The molecule has 1 aliphatic heterocycles. The Morgan fingerprint density at radius 2 is 2.33 bits per heavy atom. The van der Waals surface area contributed by atoms with Crippen molar-refractivity contribution in [1.82, 2.24) is 5.32 Å². The summed E-state index contributed by atoms with van der Waals surface area (Å²) in [4.78, 5) is 12.0. The van der Waals surface area contributed by atoms with Gasteiger partial charge in [-0.2, -0.15) is 0 Å². The van der Waals surface area contributed by atoms with Crippen molar-refractivity contribution in [3.63, 3.8) is 0 Å². The maximum Gasteiger partial charge on any atom is 0.254 e. The van der Waals surface area contributed by atoms with Gasteiger partial charge in [-0.3, -0.25) is 4.79 Å². The molecule has 5 heteroatoms. The largest absolute Gasteiger partial charge is 0.366 e. The van der Waals surface area contributed by atoms with Gasteiger partial charge < -0.3 is 15.4 Å². The van der Waals surface area contributed by atoms with Crippen molar-refractivity contribution >= 4 is 33.0 Å². The van der Waals surface area contributed by atoms with Crippen LogP contribution in [0, 0.1) is 0 Å². The van der Waals surface area contributed by atoms with Gasteiger partial charge in [0.25, 0.3) is 5.91 Å². The fourth-order valence-corrected chi connectivity index (χ4v) is 2.91. The topological polar surface area (TPSA) is 50.4 Å². The third kappa shape index (κ3) is 2.25. The number of carbonyl (C=O) groups is 1. The third-order valence-electron chi connectivity index (χ3n) is 2.96. The molecular weight excluding hydrogens is 248 g/mol. The molecule has 1 atom stereocenters. The van der Waals surface area contributed by atoms with Gasteiger partial charge in [0.1, 0.15) is 6.10 Å². The van der Waals surface area contributed by atoms with Crippen LogP contribution < -0.4 is 10.6 Å². The molecule has 0 radical (unpaired) electrons. The van der Waals surface area contributed by atoms with Crippen LogP contribution in [-0.4, -0.2) is 31.7 Å². The van der Waals surface area contributed by atoms with Crippen molar-refractivity contribution in [2.75, 3.05) is 25.0 Å². The first-order chi connectivity index (χ1) is 8.84. The number of benzene rings is 1. The molecule has 2 heterocycles. The van der Waals surface area contributed by atoms with Gasteiger partial charge in [0, 0.05) is 28.6 Å². The van der Waals surface area contributed by atoms with E-state index < -0.39 is 6.10 Å². The van der Waals surface area contributed by atoms with Crippen LogP contribution in [0.3, 0.4) is 0 Å². The average Bonchev–Trinajstić information content (AvgIpc) is 2.83. The van der Waals surface area contributed by atoms with Crippen molar-refractivity contribution in [1.29, 1.82) is 0 Å². The fraction of sp³-hybridized carbons (Fsp3) is 0.308. The van der Waals surface area contributed by atoms with Gasteiger partial charge in [-0.15, -0.1) is 11.3 Å². The number of amides is 1. The van der Waals surface area contributed by atoms with Crippen LogP contribution in [-0.2, 0) is 9.53 Å². The number of morpholine rings is 1. The van der Waals surface area contributed by atoms with E-state index in [2.05, 4.69) is 10.6 Å². The number of carbonyl (C=O) groups excluding carboxylic acids is 1. The van der Waals surface area contributed by atoms with Crippen LogP contribution in [0.5, 0.6) is 0 Å². The van der Waals surface area contributed by atoms with Crippen molar-refractivity contribution in [2.24, 2.45) is 0 Å². The Labute approximate surface area is 109 Å². The minimum absolute atomic E-state index is 0.0780. The smallest absolute Gasteiger partial charge is 0.254 e. The number of hydrogen-bond acceptors (Lipinski definition) is 4. The summed E-state index contributed by atoms with van der Waals surface area (Å²) in [6, 6.07) is 8.04. The first kappa shape index (κ1) is 11.6. The second-order valence-electron chi connectivity index (χ2n) is 4.20. The number of rotatable bonds is 2. The number of nitrogens with one attached hydrogen (secondary N) is 2. The van der Waals surface area contributed by atoms with Crippen LogP contribution in [0.15, 0.2) is 29.6 Å². The van der Waals surface area contributed by atoms with E-state index in [0.717, 1.165) is 17.6 Å². The van der Waals surface area contributed by atoms with Crippen molar-refractivity contribution < 1.29 is 9.53 Å². The van der Waals surface area contributed by atoms with Crippen LogP contribution in [0.25, 0.3) is 10.1 Å². The summed E-state index contributed by atoms with van der Waals surface area (Å²) >= 11 is 1.63. The molecule has 18 heavy (non-hydrogen) atoms. The molecule has 4 nitrogen and oxygen atoms in total. The second kappa shape index (κ2) is 5.06. The maximum absolute atomic E-state index is 12.0. The molecule has 3 rings (SSSR count). The molecule has 1 unspecified atom stereocenters. The summed E-state index contributed by atoms with van der Waals surface area (Å²) in [7, 11) is 0. The fourth-order valence-electron chi connectivity index (χ4n) is 2.02. The van der Waals surface area contributed by atoms with E-state index in [-0.39, 0.29) is 5.91 Å². The SMILES string of the molecule is O=C(Nc1csc2ccccc12)C1CNCCO1. The van der Waals surface area contributed by atoms with Gasteiger partial charge in [-0.1, -0.05) is 18.2 Å². The minimum Gasteiger partial charge on any atom is -0.366 e. The van der Waals surface area contributed by atoms with E-state index in [1.165, 1.54) is 4.70 Å². The summed E-state index contributed by atoms with van der Waals surface area (Å²) in [5.74, 6) is -0.0780. The lowest BCUT2D eigenvalue weighted by Crippen LogP contribution is -2.45. The summed E-state index contributed by atoms with van der Waals surface area (Å²) in [5, 5.41) is 9.14. The first-order valence-corrected chi connectivity index (χ1v) is 6.82. The molecule has 1 aliphatic rings. The van der Waals surface area contributed by atoms with Crippen molar-refractivity contribution in [2.45, 2.75) is 6.10 Å². The maximum atomic E-state index is 12.0. The highest BCUT2D eigenvalue weighted by atomic mass is 32.1. The van der Waals surface area contributed by atoms with Crippen molar-refractivity contribution in [3.8, 4) is 0 Å². The molecule has 2 N–H and O–H groups in total. The standard InChI is InChI=1S/C13H14N2O2S/c16-13(11-7-14-5-6-17-11)15-10-8-18-12-4-2-1-3-9(10)12/h1-4,8,11,14H,5-7H2,(H,15,16). The summed E-state index contributed by atoms with van der Waals surface area (Å²) in [6.07, 6.45) is -0.391. The normalized spacial score (nSPS) is 19.9. The van der Waals surface area contributed by atoms with E-state index in [0.29, 0.717) is 13.2 Å². The molecule has 1 fully saturated rings. The molecule has 0 aliphatic carbocycles. The lowest BCUT2D eigenvalue weighted by atomic mass is 10.2. The Kier molecular flexibility index (Phi) is 3.27. The van der Waals surface area contributed by atoms with Crippen LogP contribution >= 0.6 is 11.3 Å². The molecular formula is C13H14N2O2S. The van der Waals surface area contributed by atoms with Gasteiger partial charge in [0.15, 0.2) is 0 Å². The average molecular weight is 262 g/mol. The number of hydrogen-bond donors (Lipinski definition) is 2. The van der Waals surface area contributed by atoms with E-state index in [1.54, 1.807) is 11.3 Å². The zero-order chi connectivity index (χ0) is 12.4. The predicted molar refractivity (Wildman–Crippen MR) is 73.1 cm³/mol. The lowest BCUT2D eigenvalue weighted by molar-refractivity contribution is -0.128. The van der Waals surface area contributed by atoms with Gasteiger partial charge in [0.2, 0.25) is 0 Å². The van der Waals surface area contributed by atoms with Gasteiger partial charge in [-0.05, 0) is 6.07 Å². The minimum atomic E-state index is -0.391. The van der Waals surface area contributed by atoms with E-state index in [9.17, 15) is 4.79 Å². The molecule has 94 valence electrons. The molecule has 2 aromatic rings. The van der Waals surface area contributed by atoms with Crippen molar-refractivity contribution in [3.05, 3.63) is 29.6 Å². The number of anilines is 1. The lowest BCUT2D eigenvalue weighted by Gasteiger charge is -2.22. The zero-order valence-corrected chi connectivity index (χ0v) is 10.6. The number of thiophene rings is 1. The summed E-state index contributed by atoms with van der Waals surface area (Å²) in [5.41, 5.74) is 0.870. The van der Waals surface area contributed by atoms with Gasteiger partial charge in [0.05, 0.1) is 12.3 Å². The van der Waals surface area contributed by atoms with Gasteiger partial charge >= 0.3 is 0 Å². The Morgan fingerprint density at radius 1 is 1.44 bits per heavy atom. The molecule has 0 spiro atoms. The van der Waals surface area contributed by atoms with E-state index >= 15 is 0 Å². The summed E-state index contributed by atoms with van der Waals surface area (Å²) in [6.45, 7) is 1.97. The molecule has 1 saturated heterocycles. The Balaban J connectivity index is 1.77. The highest BCUT2D eigenvalue weighted by Gasteiger charge is 2.22. The third-order valence-corrected chi connectivity index (χ3v) is 3.92. The van der Waals surface area contributed by atoms with Crippen LogP contribution in [0.2, 0.25) is 0 Å². The monoisotopic (exact) mass is 262 g/mol. The second-order valence-corrected chi connectivity index (χ2v) is 5.11. The molecule has 1 amide bonds. The Hall–Kier alpha value is -1.43. The zero-order valence-electron chi connectivity index (χ0n) is 9.81. The highest BCUT2D eigenvalue weighted by Crippen LogP contribution is 2.29. The Bertz CT molecular complexity index is 561. The van der Waals surface area contributed by atoms with E-state index in [4.69, 9.17) is 4.74 Å². The molecule has 1 aromatic heterocycles. The van der Waals surface area contributed by atoms with Crippen LogP contribution in [0.4, 0.5) is 5.69 Å². The molecule has 0 bridgehead atoms. The van der Waals surface area contributed by atoms with Crippen LogP contribution in [0.1, 0.15) is 0 Å². The van der Waals surface area contributed by atoms with E-state index in [1.807, 2.05) is 29.6 Å². The predicted octanol–water partition coefficient (Wildman–Crippen LogP) is 1.83. The molecule has 1 aromatic carbocycles. The quantitative estimate of drug-likeness (QED) is 0.868. The Morgan fingerprint density at radius 3 is 3.17 bits per heavy atom. The first-order valence-electron chi connectivity index (χ1n) is 5.94.